The van der Waals surface area contributed by atoms with Crippen molar-refractivity contribution in [2.24, 2.45) is 0 Å². The molecule has 0 aliphatic rings. The number of benzene rings is 1. The molecule has 0 spiro atoms. The quantitative estimate of drug-likeness (QED) is 0.604. The number of hydrogen-bond acceptors (Lipinski definition) is 3. The van der Waals surface area contributed by atoms with Crippen molar-refractivity contribution in [1.29, 1.82) is 0 Å². The third-order valence-electron chi connectivity index (χ3n) is 3.01. The van der Waals surface area contributed by atoms with Gasteiger partial charge in [0.05, 0.1) is 15.8 Å². The van der Waals surface area contributed by atoms with Crippen LogP contribution in [-0.2, 0) is 0 Å². The highest BCUT2D eigenvalue weighted by molar-refractivity contribution is 7.15. The van der Waals surface area contributed by atoms with Crippen molar-refractivity contribution in [1.82, 2.24) is 9.97 Å². The summed E-state index contributed by atoms with van der Waals surface area (Å²) in [5, 5.41) is 0.430. The standard InChI is InChI=1S/C14H10ClFN2S/c1-7-6-11(19-8(7)2)14-17-10-5-3-4-9(16)12(10)13(15)18-14/h3-6H,1-2H3. The molecule has 0 fully saturated rings. The Morgan fingerprint density at radius 3 is 2.68 bits per heavy atom. The number of rotatable bonds is 1. The molecule has 2 heterocycles. The van der Waals surface area contributed by atoms with Gasteiger partial charge in [-0.25, -0.2) is 14.4 Å². The molecule has 2 nitrogen and oxygen atoms in total. The topological polar surface area (TPSA) is 25.8 Å². The molecule has 1 aromatic carbocycles. The molecular weight excluding hydrogens is 283 g/mol. The summed E-state index contributed by atoms with van der Waals surface area (Å²) in [6.45, 7) is 4.09. The van der Waals surface area contributed by atoms with Crippen LogP contribution < -0.4 is 0 Å². The first-order valence-corrected chi connectivity index (χ1v) is 6.95. The van der Waals surface area contributed by atoms with Gasteiger partial charge in [0.2, 0.25) is 0 Å². The van der Waals surface area contributed by atoms with E-state index in [4.69, 9.17) is 11.6 Å². The van der Waals surface area contributed by atoms with E-state index in [1.54, 1.807) is 23.5 Å². The van der Waals surface area contributed by atoms with Gasteiger partial charge in [-0.1, -0.05) is 17.7 Å². The van der Waals surface area contributed by atoms with Crippen LogP contribution in [-0.4, -0.2) is 9.97 Å². The largest absolute Gasteiger partial charge is 0.227 e. The Morgan fingerprint density at radius 1 is 1.21 bits per heavy atom. The first-order chi connectivity index (χ1) is 9.06. The molecular formula is C14H10ClFN2S. The maximum absolute atomic E-state index is 13.7. The molecule has 0 saturated carbocycles. The third-order valence-corrected chi connectivity index (χ3v) is 4.44. The van der Waals surface area contributed by atoms with Gasteiger partial charge >= 0.3 is 0 Å². The molecule has 0 atom stereocenters. The minimum atomic E-state index is -0.396. The normalized spacial score (nSPS) is 11.2. The van der Waals surface area contributed by atoms with Crippen molar-refractivity contribution in [3.8, 4) is 10.7 Å². The van der Waals surface area contributed by atoms with E-state index < -0.39 is 5.82 Å². The second kappa shape index (κ2) is 4.54. The number of nitrogens with zero attached hydrogens (tertiary/aromatic N) is 2. The van der Waals surface area contributed by atoms with Gasteiger partial charge in [0.25, 0.3) is 0 Å². The summed E-state index contributed by atoms with van der Waals surface area (Å²) >= 11 is 7.69. The summed E-state index contributed by atoms with van der Waals surface area (Å²) in [6, 6.07) is 6.74. The molecule has 0 N–H and O–H groups in total. The fourth-order valence-corrected chi connectivity index (χ4v) is 3.13. The van der Waals surface area contributed by atoms with E-state index in [1.165, 1.54) is 16.5 Å². The SMILES string of the molecule is Cc1cc(-c2nc(Cl)c3c(F)cccc3n2)sc1C. The molecule has 96 valence electrons. The summed E-state index contributed by atoms with van der Waals surface area (Å²) in [5.41, 5.74) is 1.72. The van der Waals surface area contributed by atoms with Crippen LogP contribution in [0.3, 0.4) is 0 Å². The second-order valence-corrected chi connectivity index (χ2v) is 5.94. The van der Waals surface area contributed by atoms with E-state index in [9.17, 15) is 4.39 Å². The van der Waals surface area contributed by atoms with Crippen molar-refractivity contribution in [2.75, 3.05) is 0 Å². The summed E-state index contributed by atoms with van der Waals surface area (Å²) in [7, 11) is 0. The van der Waals surface area contributed by atoms with Crippen LogP contribution in [0.15, 0.2) is 24.3 Å². The Balaban J connectivity index is 2.26. The highest BCUT2D eigenvalue weighted by Gasteiger charge is 2.13. The zero-order chi connectivity index (χ0) is 13.6. The van der Waals surface area contributed by atoms with Crippen molar-refractivity contribution < 1.29 is 4.39 Å². The molecule has 3 rings (SSSR count). The molecule has 0 aliphatic carbocycles. The number of hydrogen-bond donors (Lipinski definition) is 0. The summed E-state index contributed by atoms with van der Waals surface area (Å²) in [5.74, 6) is 0.150. The van der Waals surface area contributed by atoms with Crippen LogP contribution in [0, 0.1) is 19.7 Å². The lowest BCUT2D eigenvalue weighted by Crippen LogP contribution is -1.92. The van der Waals surface area contributed by atoms with Crippen molar-refractivity contribution in [3.05, 3.63) is 45.7 Å². The molecule has 0 amide bonds. The predicted molar refractivity (Wildman–Crippen MR) is 77.3 cm³/mol. The van der Waals surface area contributed by atoms with E-state index >= 15 is 0 Å². The number of halogens is 2. The zero-order valence-electron chi connectivity index (χ0n) is 10.4. The van der Waals surface area contributed by atoms with Crippen LogP contribution in [0.5, 0.6) is 0 Å². The highest BCUT2D eigenvalue weighted by atomic mass is 35.5. The Labute approximate surface area is 118 Å². The minimum absolute atomic E-state index is 0.154. The molecule has 5 heteroatoms. The minimum Gasteiger partial charge on any atom is -0.227 e. The number of thiophene rings is 1. The van der Waals surface area contributed by atoms with Gasteiger partial charge in [0.1, 0.15) is 11.0 Å². The summed E-state index contributed by atoms with van der Waals surface area (Å²) in [4.78, 5) is 10.8. The summed E-state index contributed by atoms with van der Waals surface area (Å²) in [6.07, 6.45) is 0. The maximum Gasteiger partial charge on any atom is 0.171 e. The molecule has 0 radical (unpaired) electrons. The number of aromatic nitrogens is 2. The average Bonchev–Trinajstić information content (AvgIpc) is 2.69. The van der Waals surface area contributed by atoms with E-state index in [0.717, 1.165) is 4.88 Å². The number of fused-ring (bicyclic) bond motifs is 1. The van der Waals surface area contributed by atoms with Crippen LogP contribution in [0.25, 0.3) is 21.6 Å². The Morgan fingerprint density at radius 2 is 2.00 bits per heavy atom. The van der Waals surface area contributed by atoms with Gasteiger partial charge in [-0.2, -0.15) is 0 Å². The highest BCUT2D eigenvalue weighted by Crippen LogP contribution is 2.31. The Hall–Kier alpha value is -1.52. The molecule has 0 bridgehead atoms. The molecule has 2 aromatic heterocycles. The molecule has 19 heavy (non-hydrogen) atoms. The molecule has 0 aliphatic heterocycles. The lowest BCUT2D eigenvalue weighted by Gasteiger charge is -2.03. The first kappa shape index (κ1) is 12.5. The van der Waals surface area contributed by atoms with E-state index in [0.29, 0.717) is 11.3 Å². The fraction of sp³-hybridized carbons (Fsp3) is 0.143. The average molecular weight is 293 g/mol. The van der Waals surface area contributed by atoms with Crippen LogP contribution in [0.4, 0.5) is 4.39 Å². The molecule has 3 aromatic rings. The van der Waals surface area contributed by atoms with Gasteiger partial charge in [0.15, 0.2) is 5.82 Å². The lowest BCUT2D eigenvalue weighted by atomic mass is 10.2. The second-order valence-electron chi connectivity index (χ2n) is 4.32. The predicted octanol–water partition coefficient (Wildman–Crippen LogP) is 4.77. The van der Waals surface area contributed by atoms with Crippen LogP contribution in [0.1, 0.15) is 10.4 Å². The van der Waals surface area contributed by atoms with Gasteiger partial charge in [-0.05, 0) is 37.6 Å². The van der Waals surface area contributed by atoms with Crippen molar-refractivity contribution >= 4 is 33.8 Å². The van der Waals surface area contributed by atoms with Gasteiger partial charge in [-0.15, -0.1) is 11.3 Å². The Kier molecular flexibility index (Phi) is 2.99. The van der Waals surface area contributed by atoms with Gasteiger partial charge < -0.3 is 0 Å². The fourth-order valence-electron chi connectivity index (χ4n) is 1.89. The van der Waals surface area contributed by atoms with E-state index in [-0.39, 0.29) is 10.5 Å². The maximum atomic E-state index is 13.7. The van der Waals surface area contributed by atoms with E-state index in [2.05, 4.69) is 9.97 Å². The lowest BCUT2D eigenvalue weighted by molar-refractivity contribution is 0.639. The smallest absolute Gasteiger partial charge is 0.171 e. The van der Waals surface area contributed by atoms with E-state index in [1.807, 2.05) is 19.9 Å². The third kappa shape index (κ3) is 2.11. The molecule has 0 saturated heterocycles. The van der Waals surface area contributed by atoms with Gasteiger partial charge in [0, 0.05) is 4.88 Å². The van der Waals surface area contributed by atoms with Crippen molar-refractivity contribution in [2.45, 2.75) is 13.8 Å². The molecule has 0 unspecified atom stereocenters. The number of aryl methyl sites for hydroxylation is 2. The monoisotopic (exact) mass is 292 g/mol. The first-order valence-electron chi connectivity index (χ1n) is 5.75. The van der Waals surface area contributed by atoms with Crippen LogP contribution in [0.2, 0.25) is 5.15 Å². The zero-order valence-corrected chi connectivity index (χ0v) is 11.9. The Bertz CT molecular complexity index is 763. The van der Waals surface area contributed by atoms with Crippen LogP contribution >= 0.6 is 22.9 Å². The van der Waals surface area contributed by atoms with Gasteiger partial charge in [-0.3, -0.25) is 0 Å². The summed E-state index contributed by atoms with van der Waals surface area (Å²) < 4.78 is 13.7. The van der Waals surface area contributed by atoms with Crippen molar-refractivity contribution in [3.63, 3.8) is 0 Å².